The number of ether oxygens (including phenoxy) is 1. The number of carboxylic acid groups (broad SMARTS) is 1. The Morgan fingerprint density at radius 2 is 1.65 bits per heavy atom. The average molecular weight is 508 g/mol. The number of aromatic carboxylic acids is 1. The summed E-state index contributed by atoms with van der Waals surface area (Å²) < 4.78 is 50.8. The van der Waals surface area contributed by atoms with E-state index in [2.05, 4.69) is 0 Å². The molecule has 0 amide bonds. The summed E-state index contributed by atoms with van der Waals surface area (Å²) in [4.78, 5) is 11.5. The second kappa shape index (κ2) is 8.11. The van der Waals surface area contributed by atoms with Gasteiger partial charge in [0.2, 0.25) is 0 Å². The average Bonchev–Trinajstić information content (AvgIpc) is 3.55. The molecule has 1 heterocycles. The minimum absolute atomic E-state index is 0.100. The summed E-state index contributed by atoms with van der Waals surface area (Å²) in [7, 11) is 1.69. The predicted octanol–water partition coefficient (Wildman–Crippen LogP) is 6.72. The SMILES string of the molecule is COC12CCC(c3c(-c4ccc(C(=O)O)cc4)c4c(O)cc(F)cc4n3-c3ccc(F)c(F)c3)(CC1)C2. The van der Waals surface area contributed by atoms with Crippen LogP contribution in [-0.2, 0) is 10.2 Å². The number of halogens is 3. The van der Waals surface area contributed by atoms with Gasteiger partial charge in [-0.2, -0.15) is 0 Å². The number of carbonyl (C=O) groups is 1. The molecule has 6 rings (SSSR count). The number of aromatic nitrogens is 1. The summed E-state index contributed by atoms with van der Waals surface area (Å²) in [5, 5.41) is 20.8. The van der Waals surface area contributed by atoms with Gasteiger partial charge in [0.05, 0.1) is 22.1 Å². The van der Waals surface area contributed by atoms with Gasteiger partial charge in [-0.3, -0.25) is 0 Å². The Hall–Kier alpha value is -3.78. The topological polar surface area (TPSA) is 71.7 Å². The van der Waals surface area contributed by atoms with Crippen LogP contribution in [0.5, 0.6) is 5.75 Å². The highest BCUT2D eigenvalue weighted by atomic mass is 19.2. The Morgan fingerprint density at radius 1 is 0.946 bits per heavy atom. The first kappa shape index (κ1) is 23.6. The monoisotopic (exact) mass is 507 g/mol. The normalized spacial score (nSPS) is 22.7. The van der Waals surface area contributed by atoms with Gasteiger partial charge in [0, 0.05) is 41.6 Å². The fourth-order valence-corrected chi connectivity index (χ4v) is 6.57. The molecule has 2 aliphatic rings. The third kappa shape index (κ3) is 3.46. The van der Waals surface area contributed by atoms with Gasteiger partial charge in [0.15, 0.2) is 11.6 Å². The van der Waals surface area contributed by atoms with Crippen LogP contribution in [0.25, 0.3) is 27.7 Å². The first-order valence-electron chi connectivity index (χ1n) is 12.1. The van der Waals surface area contributed by atoms with E-state index in [4.69, 9.17) is 4.74 Å². The standard InChI is InChI=1S/C29H24F3NO4/c1-37-29-10-8-28(15-29,9-11-29)26-24(16-2-4-17(5-3-16)27(35)36)25-22(12-18(30)13-23(25)34)33(26)19-6-7-20(31)21(32)14-19/h2-7,12-14,34H,8-11,15H2,1H3,(H,35,36). The number of aromatic hydroxyl groups is 1. The number of nitrogens with zero attached hydrogens (tertiary/aromatic N) is 1. The number of carboxylic acids is 1. The van der Waals surface area contributed by atoms with Gasteiger partial charge in [-0.05, 0) is 68.0 Å². The van der Waals surface area contributed by atoms with Gasteiger partial charge in [-0.15, -0.1) is 0 Å². The summed E-state index contributed by atoms with van der Waals surface area (Å²) >= 11 is 0. The zero-order valence-electron chi connectivity index (χ0n) is 20.0. The lowest BCUT2D eigenvalue weighted by Crippen LogP contribution is -2.24. The summed E-state index contributed by atoms with van der Waals surface area (Å²) in [6, 6.07) is 12.1. The number of benzene rings is 3. The summed E-state index contributed by atoms with van der Waals surface area (Å²) in [6.07, 6.45) is 3.80. The number of methoxy groups -OCH3 is 1. The first-order valence-corrected chi connectivity index (χ1v) is 12.1. The van der Waals surface area contributed by atoms with Gasteiger partial charge in [0.1, 0.15) is 11.6 Å². The Labute approximate surface area is 210 Å². The van der Waals surface area contributed by atoms with Crippen molar-refractivity contribution in [3.63, 3.8) is 0 Å². The molecular formula is C29H24F3NO4. The van der Waals surface area contributed by atoms with Crippen molar-refractivity contribution in [3.05, 3.63) is 83.3 Å². The number of fused-ring (bicyclic) bond motifs is 3. The van der Waals surface area contributed by atoms with Crippen LogP contribution < -0.4 is 0 Å². The fraction of sp³-hybridized carbons (Fsp3) is 0.276. The number of phenols is 1. The number of hydrogen-bond donors (Lipinski definition) is 2. The molecule has 2 saturated carbocycles. The van der Waals surface area contributed by atoms with E-state index in [0.717, 1.165) is 49.6 Å². The van der Waals surface area contributed by atoms with Crippen LogP contribution in [0, 0.1) is 17.5 Å². The molecule has 1 aromatic heterocycles. The first-order chi connectivity index (χ1) is 17.7. The highest BCUT2D eigenvalue weighted by Crippen LogP contribution is 2.62. The Bertz CT molecular complexity index is 1570. The molecule has 190 valence electrons. The van der Waals surface area contributed by atoms with Crippen LogP contribution in [0.3, 0.4) is 0 Å². The second-order valence-corrected chi connectivity index (χ2v) is 10.2. The lowest BCUT2D eigenvalue weighted by Gasteiger charge is -2.30. The van der Waals surface area contributed by atoms with Crippen LogP contribution >= 0.6 is 0 Å². The van der Waals surface area contributed by atoms with Crippen molar-refractivity contribution in [1.82, 2.24) is 4.57 Å². The molecule has 0 saturated heterocycles. The lowest BCUT2D eigenvalue weighted by atomic mass is 9.77. The van der Waals surface area contributed by atoms with E-state index in [1.54, 1.807) is 23.8 Å². The Morgan fingerprint density at radius 3 is 2.24 bits per heavy atom. The van der Waals surface area contributed by atoms with E-state index < -0.39 is 28.8 Å². The van der Waals surface area contributed by atoms with Gasteiger partial charge in [0.25, 0.3) is 0 Å². The van der Waals surface area contributed by atoms with Crippen molar-refractivity contribution < 1.29 is 32.9 Å². The van der Waals surface area contributed by atoms with E-state index in [1.165, 1.54) is 24.3 Å². The molecule has 0 aliphatic heterocycles. The molecule has 2 N–H and O–H groups in total. The maximum Gasteiger partial charge on any atom is 0.335 e. The highest BCUT2D eigenvalue weighted by molar-refractivity contribution is 6.04. The molecule has 0 atom stereocenters. The molecule has 3 aromatic carbocycles. The largest absolute Gasteiger partial charge is 0.507 e. The van der Waals surface area contributed by atoms with E-state index in [1.807, 2.05) is 0 Å². The Kier molecular flexibility index (Phi) is 5.18. The third-order valence-electron chi connectivity index (χ3n) is 8.31. The van der Waals surface area contributed by atoms with Crippen molar-refractivity contribution in [1.29, 1.82) is 0 Å². The van der Waals surface area contributed by atoms with Gasteiger partial charge >= 0.3 is 5.97 Å². The molecule has 4 aromatic rings. The van der Waals surface area contributed by atoms with Crippen molar-refractivity contribution >= 4 is 16.9 Å². The molecule has 0 unspecified atom stereocenters. The van der Waals surface area contributed by atoms with Crippen LogP contribution in [0.15, 0.2) is 54.6 Å². The van der Waals surface area contributed by atoms with Crippen LogP contribution in [0.2, 0.25) is 0 Å². The highest BCUT2D eigenvalue weighted by Gasteiger charge is 2.57. The minimum atomic E-state index is -1.07. The minimum Gasteiger partial charge on any atom is -0.507 e. The molecule has 5 nitrogen and oxygen atoms in total. The molecule has 2 fully saturated rings. The van der Waals surface area contributed by atoms with Crippen molar-refractivity contribution in [3.8, 4) is 22.6 Å². The van der Waals surface area contributed by atoms with Gasteiger partial charge in [-0.1, -0.05) is 12.1 Å². The van der Waals surface area contributed by atoms with Crippen molar-refractivity contribution in [2.75, 3.05) is 7.11 Å². The molecule has 0 spiro atoms. The molecular weight excluding hydrogens is 483 g/mol. The zero-order chi connectivity index (χ0) is 26.1. The summed E-state index contributed by atoms with van der Waals surface area (Å²) in [6.45, 7) is 0. The summed E-state index contributed by atoms with van der Waals surface area (Å²) in [5.74, 6) is -4.08. The van der Waals surface area contributed by atoms with Crippen LogP contribution in [-0.4, -0.2) is 33.5 Å². The van der Waals surface area contributed by atoms with Crippen LogP contribution in [0.4, 0.5) is 13.2 Å². The molecule has 0 radical (unpaired) electrons. The number of hydrogen-bond acceptors (Lipinski definition) is 3. The number of rotatable bonds is 5. The molecule has 37 heavy (non-hydrogen) atoms. The predicted molar refractivity (Wildman–Crippen MR) is 132 cm³/mol. The van der Waals surface area contributed by atoms with E-state index in [0.29, 0.717) is 34.1 Å². The van der Waals surface area contributed by atoms with Crippen molar-refractivity contribution in [2.45, 2.75) is 43.1 Å². The smallest absolute Gasteiger partial charge is 0.335 e. The zero-order valence-corrected chi connectivity index (χ0v) is 20.0. The molecule has 2 aliphatic carbocycles. The summed E-state index contributed by atoms with van der Waals surface area (Å²) in [5.41, 5.74) is 1.95. The number of phenolic OH excluding ortho intramolecular Hbond substituents is 1. The second-order valence-electron chi connectivity index (χ2n) is 10.2. The van der Waals surface area contributed by atoms with E-state index >= 15 is 0 Å². The van der Waals surface area contributed by atoms with E-state index in [-0.39, 0.29) is 16.9 Å². The molecule has 2 bridgehead atoms. The van der Waals surface area contributed by atoms with Crippen LogP contribution in [0.1, 0.15) is 48.2 Å². The van der Waals surface area contributed by atoms with Crippen molar-refractivity contribution in [2.24, 2.45) is 0 Å². The maximum absolute atomic E-state index is 14.7. The molecule has 8 heteroatoms. The maximum atomic E-state index is 14.7. The van der Waals surface area contributed by atoms with Gasteiger partial charge < -0.3 is 19.5 Å². The Balaban J connectivity index is 1.74. The third-order valence-corrected chi connectivity index (χ3v) is 8.31. The lowest BCUT2D eigenvalue weighted by molar-refractivity contribution is -0.000311. The quantitative estimate of drug-likeness (QED) is 0.315. The van der Waals surface area contributed by atoms with Gasteiger partial charge in [-0.25, -0.2) is 18.0 Å². The fourth-order valence-electron chi connectivity index (χ4n) is 6.57. The van der Waals surface area contributed by atoms with E-state index in [9.17, 15) is 28.2 Å².